The van der Waals surface area contributed by atoms with Crippen molar-refractivity contribution in [1.29, 1.82) is 0 Å². The highest BCUT2D eigenvalue weighted by molar-refractivity contribution is 6.04. The summed E-state index contributed by atoms with van der Waals surface area (Å²) in [6.07, 6.45) is 4.35. The van der Waals surface area contributed by atoms with Gasteiger partial charge in [-0.05, 0) is 52.6 Å². The molecule has 9 aliphatic carbocycles. The molecule has 6 bridgehead atoms. The predicted molar refractivity (Wildman–Crippen MR) is 199 cm³/mol. The zero-order valence-electron chi connectivity index (χ0n) is 32.7. The molecular formula is C45H42O12. The number of hydrogen-bond donors (Lipinski definition) is 0. The van der Waals surface area contributed by atoms with Crippen molar-refractivity contribution < 1.29 is 57.2 Å². The van der Waals surface area contributed by atoms with Gasteiger partial charge in [0.25, 0.3) is 0 Å². The van der Waals surface area contributed by atoms with Gasteiger partial charge in [0.15, 0.2) is 0 Å². The molecule has 6 atom stereocenters. The number of benzene rings is 1. The molecule has 12 heteroatoms. The maximum absolute atomic E-state index is 13.2. The van der Waals surface area contributed by atoms with Gasteiger partial charge in [0.2, 0.25) is 0 Å². The molecule has 12 nitrogen and oxygen atoms in total. The lowest BCUT2D eigenvalue weighted by molar-refractivity contribution is -0.139. The minimum Gasteiger partial charge on any atom is -0.466 e. The predicted octanol–water partition coefficient (Wildman–Crippen LogP) is 5.64. The molecular weight excluding hydrogens is 732 g/mol. The molecule has 0 heterocycles. The highest BCUT2D eigenvalue weighted by Gasteiger charge is 2.60. The van der Waals surface area contributed by atoms with Gasteiger partial charge in [0.05, 0.1) is 76.1 Å². The summed E-state index contributed by atoms with van der Waals surface area (Å²) in [6.45, 7) is 0. The summed E-state index contributed by atoms with van der Waals surface area (Å²) in [5.74, 6) is -3.00. The van der Waals surface area contributed by atoms with Crippen molar-refractivity contribution in [3.63, 3.8) is 0 Å². The van der Waals surface area contributed by atoms with E-state index in [2.05, 4.69) is 0 Å². The summed E-state index contributed by atoms with van der Waals surface area (Å²) in [6, 6.07) is 0. The number of ether oxygens (including phenoxy) is 6. The monoisotopic (exact) mass is 774 g/mol. The van der Waals surface area contributed by atoms with Crippen molar-refractivity contribution in [2.24, 2.45) is 0 Å². The Morgan fingerprint density at radius 2 is 0.439 bits per heavy atom. The Bertz CT molecular complexity index is 2000. The molecule has 0 spiro atoms. The molecule has 1 aromatic rings. The van der Waals surface area contributed by atoms with E-state index < -0.39 is 35.8 Å². The third-order valence-electron chi connectivity index (χ3n) is 14.9. The van der Waals surface area contributed by atoms with E-state index >= 15 is 0 Å². The SMILES string of the molecule is COC(=O)C1=C(C(=O)OC)CC2=C(C1)[C@H]1C[C@@H]2c2c1c1c(c3c2[C@@H]2C[C@H]3C3=C2CC(C(=O)OC)=C(C(=O)OC)C3)[C@@H]2C[C@H]1C1=C2CC(C(=O)OC)=C(C(=O)OC)C1. The smallest absolute Gasteiger partial charge is 0.334 e. The lowest BCUT2D eigenvalue weighted by atomic mass is 9.65. The average molecular weight is 775 g/mol. The van der Waals surface area contributed by atoms with E-state index in [9.17, 15) is 28.8 Å². The Morgan fingerprint density at radius 3 is 0.561 bits per heavy atom. The van der Waals surface area contributed by atoms with Crippen LogP contribution in [0, 0.1) is 0 Å². The maximum Gasteiger partial charge on any atom is 0.334 e. The second-order valence-corrected chi connectivity index (χ2v) is 16.5. The van der Waals surface area contributed by atoms with Crippen LogP contribution in [0.25, 0.3) is 0 Å². The summed E-state index contributed by atoms with van der Waals surface area (Å²) in [4.78, 5) is 79.1. The first kappa shape index (κ1) is 35.9. The fraction of sp³-hybridized carbons (Fsp3) is 0.467. The summed E-state index contributed by atoms with van der Waals surface area (Å²) in [5, 5.41) is 0. The number of methoxy groups -OCH3 is 6. The van der Waals surface area contributed by atoms with Crippen LogP contribution in [-0.2, 0) is 57.2 Å². The molecule has 0 aliphatic heterocycles. The van der Waals surface area contributed by atoms with Crippen molar-refractivity contribution >= 4 is 35.8 Å². The van der Waals surface area contributed by atoms with Crippen LogP contribution in [-0.4, -0.2) is 78.5 Å². The topological polar surface area (TPSA) is 158 Å². The zero-order valence-corrected chi connectivity index (χ0v) is 32.7. The fourth-order valence-electron chi connectivity index (χ4n) is 12.9. The normalized spacial score (nSPS) is 27.9. The van der Waals surface area contributed by atoms with Crippen LogP contribution in [0.4, 0.5) is 0 Å². The number of esters is 6. The minimum absolute atomic E-state index is 0.0292. The van der Waals surface area contributed by atoms with Gasteiger partial charge in [0.1, 0.15) is 0 Å². The number of carbonyl (C=O) groups excluding carboxylic acids is 6. The third-order valence-corrected chi connectivity index (χ3v) is 14.9. The molecule has 0 saturated heterocycles. The molecule has 0 aromatic heterocycles. The van der Waals surface area contributed by atoms with Crippen LogP contribution in [0.2, 0.25) is 0 Å². The molecule has 57 heavy (non-hydrogen) atoms. The van der Waals surface area contributed by atoms with Crippen molar-refractivity contribution in [2.45, 2.75) is 93.3 Å². The molecule has 9 aliphatic rings. The van der Waals surface area contributed by atoms with Crippen LogP contribution in [0.15, 0.2) is 66.9 Å². The van der Waals surface area contributed by atoms with Gasteiger partial charge in [0, 0.05) is 74.0 Å². The van der Waals surface area contributed by atoms with Crippen molar-refractivity contribution in [2.75, 3.05) is 42.7 Å². The maximum atomic E-state index is 13.2. The Hall–Kier alpha value is -5.52. The van der Waals surface area contributed by atoms with Gasteiger partial charge in [-0.15, -0.1) is 0 Å². The Labute approximate surface area is 328 Å². The lowest BCUT2D eigenvalue weighted by Crippen LogP contribution is -2.27. The van der Waals surface area contributed by atoms with Gasteiger partial charge in [-0.2, -0.15) is 0 Å². The van der Waals surface area contributed by atoms with E-state index in [1.165, 1.54) is 109 Å². The summed E-state index contributed by atoms with van der Waals surface area (Å²) in [5.41, 5.74) is 17.0. The van der Waals surface area contributed by atoms with E-state index in [0.717, 1.165) is 19.3 Å². The van der Waals surface area contributed by atoms with E-state index in [0.29, 0.717) is 72.0 Å². The quantitative estimate of drug-likeness (QED) is 0.199. The highest BCUT2D eigenvalue weighted by Crippen LogP contribution is 2.74. The Kier molecular flexibility index (Phi) is 7.86. The number of fused-ring (bicyclic) bond motifs is 24. The molecule has 0 amide bonds. The second kappa shape index (κ2) is 12.5. The van der Waals surface area contributed by atoms with Crippen LogP contribution in [0.1, 0.15) is 127 Å². The molecule has 0 fully saturated rings. The number of allylic oxidation sites excluding steroid dienone is 6. The first-order chi connectivity index (χ1) is 27.5. The van der Waals surface area contributed by atoms with Crippen molar-refractivity contribution in [3.8, 4) is 0 Å². The Morgan fingerprint density at radius 1 is 0.298 bits per heavy atom. The number of rotatable bonds is 6. The van der Waals surface area contributed by atoms with Crippen molar-refractivity contribution in [1.82, 2.24) is 0 Å². The second-order valence-electron chi connectivity index (χ2n) is 16.5. The average Bonchev–Trinajstić information content (AvgIpc) is 4.11. The molecule has 10 rings (SSSR count). The van der Waals surface area contributed by atoms with Crippen molar-refractivity contribution in [3.05, 3.63) is 100 Å². The molecule has 0 N–H and O–H groups in total. The fourth-order valence-corrected chi connectivity index (χ4v) is 12.9. The zero-order chi connectivity index (χ0) is 39.9. The van der Waals surface area contributed by atoms with Gasteiger partial charge in [-0.1, -0.05) is 33.4 Å². The third kappa shape index (κ3) is 4.49. The molecule has 0 radical (unpaired) electrons. The van der Waals surface area contributed by atoms with Crippen LogP contribution >= 0.6 is 0 Å². The largest absolute Gasteiger partial charge is 0.466 e. The lowest BCUT2D eigenvalue weighted by Gasteiger charge is -2.39. The van der Waals surface area contributed by atoms with Crippen LogP contribution in [0.5, 0.6) is 0 Å². The van der Waals surface area contributed by atoms with E-state index in [1.54, 1.807) is 0 Å². The highest BCUT2D eigenvalue weighted by atomic mass is 16.5. The summed E-state index contributed by atoms with van der Waals surface area (Å²) >= 11 is 0. The van der Waals surface area contributed by atoms with Crippen LogP contribution in [0.3, 0.4) is 0 Å². The first-order valence-corrected chi connectivity index (χ1v) is 19.6. The molecule has 294 valence electrons. The first-order valence-electron chi connectivity index (χ1n) is 19.6. The minimum atomic E-state index is -0.529. The van der Waals surface area contributed by atoms with E-state index in [4.69, 9.17) is 28.4 Å². The van der Waals surface area contributed by atoms with E-state index in [1.807, 2.05) is 0 Å². The molecule has 0 unspecified atom stereocenters. The van der Waals surface area contributed by atoms with Gasteiger partial charge in [-0.25, -0.2) is 28.8 Å². The van der Waals surface area contributed by atoms with Crippen LogP contribution < -0.4 is 0 Å². The number of hydrogen-bond acceptors (Lipinski definition) is 12. The number of carbonyl (C=O) groups is 6. The van der Waals surface area contributed by atoms with Gasteiger partial charge >= 0.3 is 35.8 Å². The summed E-state index contributed by atoms with van der Waals surface area (Å²) in [7, 11) is 7.96. The standard InChI is InChI=1S/C45H42O12/c1-52-40(46)28-7-16-17(8-29(28)41(47)53-2)23-13-22(16)34-35(23)37-25-15-27(21-12-33(45(51)57-6)32(11-20(21)25)44(50)56-5)39(37)38-26-14-24(36(34)38)18-9-30(42(48)54-3)31(10-19(18)26)43(49)55-4/h22-27H,7-15H2,1-6H3/t22-,23+,24+,25-,26-,27+. The molecule has 1 aromatic carbocycles. The van der Waals surface area contributed by atoms with E-state index in [-0.39, 0.29) is 35.5 Å². The Balaban J connectivity index is 1.15. The molecule has 0 saturated carbocycles. The van der Waals surface area contributed by atoms with Gasteiger partial charge in [-0.3, -0.25) is 0 Å². The summed E-state index contributed by atoms with van der Waals surface area (Å²) < 4.78 is 31.1. The van der Waals surface area contributed by atoms with Gasteiger partial charge < -0.3 is 28.4 Å².